The van der Waals surface area contributed by atoms with E-state index in [1.165, 1.54) is 13.0 Å². The number of carbonyl (C=O) groups excluding carboxylic acids is 3. The van der Waals surface area contributed by atoms with Crippen LogP contribution in [0.5, 0.6) is 5.75 Å². The first-order valence-electron chi connectivity index (χ1n) is 8.25. The Hall–Kier alpha value is -3.67. The van der Waals surface area contributed by atoms with Crippen LogP contribution in [-0.4, -0.2) is 29.4 Å². The average molecular weight is 363 g/mol. The first-order chi connectivity index (χ1) is 13.0. The molecule has 0 aromatic heterocycles. The van der Waals surface area contributed by atoms with Crippen LogP contribution < -0.4 is 5.32 Å². The minimum Gasteiger partial charge on any atom is -0.506 e. The molecule has 2 N–H and O–H groups in total. The van der Waals surface area contributed by atoms with Crippen molar-refractivity contribution in [3.05, 3.63) is 71.8 Å². The lowest BCUT2D eigenvalue weighted by Gasteiger charge is -2.10. The third-order valence-electron chi connectivity index (χ3n) is 4.04. The molecule has 0 spiro atoms. The number of phenols is 1. The number of hydrogen-bond acceptors (Lipinski definition) is 5. The third kappa shape index (κ3) is 3.95. The molecular weight excluding hydrogens is 346 g/mol. The summed E-state index contributed by atoms with van der Waals surface area (Å²) in [4.78, 5) is 35.9. The van der Waals surface area contributed by atoms with Crippen LogP contribution in [0.4, 0.5) is 5.69 Å². The molecule has 3 aromatic rings. The predicted octanol–water partition coefficient (Wildman–Crippen LogP) is 3.54. The van der Waals surface area contributed by atoms with Crippen molar-refractivity contribution in [3.63, 3.8) is 0 Å². The van der Waals surface area contributed by atoms with Crippen LogP contribution in [0.25, 0.3) is 10.8 Å². The minimum atomic E-state index is -0.812. The van der Waals surface area contributed by atoms with Gasteiger partial charge in [-0.15, -0.1) is 0 Å². The predicted molar refractivity (Wildman–Crippen MR) is 101 cm³/mol. The number of phenolic OH excluding ortho intramolecular Hbond substituents is 1. The summed E-state index contributed by atoms with van der Waals surface area (Å²) in [6, 6.07) is 16.8. The number of amides is 1. The van der Waals surface area contributed by atoms with E-state index >= 15 is 0 Å². The minimum absolute atomic E-state index is 0.0226. The van der Waals surface area contributed by atoms with E-state index in [1.54, 1.807) is 42.5 Å². The monoisotopic (exact) mass is 363 g/mol. The fraction of sp³-hybridized carbons (Fsp3) is 0.0952. The number of ether oxygens (including phenoxy) is 1. The number of fused-ring (bicyclic) bond motifs is 1. The molecule has 0 radical (unpaired) electrons. The standard InChI is InChI=1S/C21H17NO5/c1-13(23)15-7-4-5-9-18(15)22-19(24)12-27-21(26)17-11-10-14-6-2-3-8-16(14)20(17)25/h2-11,25H,12H2,1H3,(H,22,24). The van der Waals surface area contributed by atoms with E-state index < -0.39 is 18.5 Å². The Balaban J connectivity index is 1.68. The highest BCUT2D eigenvalue weighted by molar-refractivity contribution is 6.05. The van der Waals surface area contributed by atoms with Gasteiger partial charge in [-0.2, -0.15) is 0 Å². The number of esters is 1. The Morgan fingerprint density at radius 1 is 0.926 bits per heavy atom. The average Bonchev–Trinajstić information content (AvgIpc) is 2.67. The molecule has 0 unspecified atom stereocenters. The molecule has 6 nitrogen and oxygen atoms in total. The highest BCUT2D eigenvalue weighted by atomic mass is 16.5. The topological polar surface area (TPSA) is 92.7 Å². The molecule has 0 aliphatic rings. The largest absolute Gasteiger partial charge is 0.506 e. The zero-order chi connectivity index (χ0) is 19.4. The zero-order valence-corrected chi connectivity index (χ0v) is 14.6. The first kappa shape index (κ1) is 18.1. The number of carbonyl (C=O) groups is 3. The van der Waals surface area contributed by atoms with Crippen molar-refractivity contribution in [2.45, 2.75) is 6.92 Å². The molecule has 0 bridgehead atoms. The van der Waals surface area contributed by atoms with E-state index in [0.29, 0.717) is 16.6 Å². The summed E-state index contributed by atoms with van der Waals surface area (Å²) in [5.74, 6) is -1.78. The maximum Gasteiger partial charge on any atom is 0.342 e. The SMILES string of the molecule is CC(=O)c1ccccc1NC(=O)COC(=O)c1ccc2ccccc2c1O. The van der Waals surface area contributed by atoms with Gasteiger partial charge in [0.2, 0.25) is 0 Å². The second-order valence-electron chi connectivity index (χ2n) is 5.91. The number of Topliss-reactive ketones (excluding diaryl/α,β-unsaturated/α-hetero) is 1. The summed E-state index contributed by atoms with van der Waals surface area (Å²) in [6.45, 7) is 0.852. The van der Waals surface area contributed by atoms with Gasteiger partial charge in [0.15, 0.2) is 12.4 Å². The van der Waals surface area contributed by atoms with Crippen LogP contribution >= 0.6 is 0 Å². The highest BCUT2D eigenvalue weighted by Gasteiger charge is 2.17. The molecule has 27 heavy (non-hydrogen) atoms. The van der Waals surface area contributed by atoms with Gasteiger partial charge < -0.3 is 15.2 Å². The second-order valence-corrected chi connectivity index (χ2v) is 5.91. The van der Waals surface area contributed by atoms with Gasteiger partial charge >= 0.3 is 5.97 Å². The molecule has 0 heterocycles. The fourth-order valence-electron chi connectivity index (χ4n) is 2.71. The van der Waals surface area contributed by atoms with Crippen molar-refractivity contribution in [2.24, 2.45) is 0 Å². The smallest absolute Gasteiger partial charge is 0.342 e. The van der Waals surface area contributed by atoms with Crippen LogP contribution in [0.15, 0.2) is 60.7 Å². The summed E-state index contributed by atoms with van der Waals surface area (Å²) in [5.41, 5.74) is 0.689. The van der Waals surface area contributed by atoms with Gasteiger partial charge in [0.25, 0.3) is 5.91 Å². The number of anilines is 1. The number of benzene rings is 3. The molecule has 1 amide bonds. The van der Waals surface area contributed by atoms with E-state index in [2.05, 4.69) is 5.32 Å². The van der Waals surface area contributed by atoms with Crippen molar-refractivity contribution in [2.75, 3.05) is 11.9 Å². The van der Waals surface area contributed by atoms with Crippen LogP contribution in [0.3, 0.4) is 0 Å². The van der Waals surface area contributed by atoms with E-state index in [4.69, 9.17) is 4.74 Å². The maximum atomic E-state index is 12.2. The van der Waals surface area contributed by atoms with Gasteiger partial charge in [0.1, 0.15) is 11.3 Å². The maximum absolute atomic E-state index is 12.2. The molecule has 136 valence electrons. The molecule has 3 rings (SSSR count). The number of aromatic hydroxyl groups is 1. The third-order valence-corrected chi connectivity index (χ3v) is 4.04. The number of hydrogen-bond donors (Lipinski definition) is 2. The molecule has 0 atom stereocenters. The Labute approximate surface area is 155 Å². The van der Waals surface area contributed by atoms with Crippen LogP contribution in [0, 0.1) is 0 Å². The van der Waals surface area contributed by atoms with Gasteiger partial charge in [-0.1, -0.05) is 42.5 Å². The Morgan fingerprint density at radius 3 is 2.41 bits per heavy atom. The van der Waals surface area contributed by atoms with E-state index in [0.717, 1.165) is 5.39 Å². The quantitative estimate of drug-likeness (QED) is 0.534. The number of nitrogens with one attached hydrogen (secondary N) is 1. The molecular formula is C21H17NO5. The van der Waals surface area contributed by atoms with Crippen molar-refractivity contribution in [1.29, 1.82) is 0 Å². The Bertz CT molecular complexity index is 1040. The lowest BCUT2D eigenvalue weighted by atomic mass is 10.1. The summed E-state index contributed by atoms with van der Waals surface area (Å²) < 4.78 is 5.00. The van der Waals surface area contributed by atoms with Crippen molar-refractivity contribution >= 4 is 34.1 Å². The van der Waals surface area contributed by atoms with Gasteiger partial charge in [-0.3, -0.25) is 9.59 Å². The lowest BCUT2D eigenvalue weighted by Crippen LogP contribution is -2.22. The van der Waals surface area contributed by atoms with Crippen LogP contribution in [-0.2, 0) is 9.53 Å². The first-order valence-corrected chi connectivity index (χ1v) is 8.25. The molecule has 0 saturated carbocycles. The second kappa shape index (κ2) is 7.70. The normalized spacial score (nSPS) is 10.4. The highest BCUT2D eigenvalue weighted by Crippen LogP contribution is 2.29. The van der Waals surface area contributed by atoms with Crippen molar-refractivity contribution in [1.82, 2.24) is 0 Å². The van der Waals surface area contributed by atoms with Gasteiger partial charge in [0.05, 0.1) is 5.69 Å². The Kier molecular flexibility index (Phi) is 5.17. The molecule has 0 fully saturated rings. The summed E-state index contributed by atoms with van der Waals surface area (Å²) >= 11 is 0. The number of ketones is 1. The summed E-state index contributed by atoms with van der Waals surface area (Å²) in [6.07, 6.45) is 0. The van der Waals surface area contributed by atoms with E-state index in [-0.39, 0.29) is 17.1 Å². The Morgan fingerprint density at radius 2 is 1.63 bits per heavy atom. The molecule has 0 aliphatic carbocycles. The van der Waals surface area contributed by atoms with Crippen molar-refractivity contribution < 1.29 is 24.2 Å². The molecule has 0 aliphatic heterocycles. The van der Waals surface area contributed by atoms with Crippen LogP contribution in [0.1, 0.15) is 27.6 Å². The molecule has 3 aromatic carbocycles. The summed E-state index contributed by atoms with van der Waals surface area (Å²) in [7, 11) is 0. The molecule has 0 saturated heterocycles. The van der Waals surface area contributed by atoms with Crippen molar-refractivity contribution in [3.8, 4) is 5.75 Å². The van der Waals surface area contributed by atoms with Gasteiger partial charge in [-0.05, 0) is 30.5 Å². The lowest BCUT2D eigenvalue weighted by molar-refractivity contribution is -0.119. The van der Waals surface area contributed by atoms with E-state index in [1.807, 2.05) is 12.1 Å². The fourth-order valence-corrected chi connectivity index (χ4v) is 2.71. The van der Waals surface area contributed by atoms with E-state index in [9.17, 15) is 19.5 Å². The number of para-hydroxylation sites is 1. The number of rotatable bonds is 5. The summed E-state index contributed by atoms with van der Waals surface area (Å²) in [5, 5.41) is 14.1. The zero-order valence-electron chi connectivity index (χ0n) is 14.6. The van der Waals surface area contributed by atoms with Gasteiger partial charge in [0, 0.05) is 10.9 Å². The van der Waals surface area contributed by atoms with Crippen LogP contribution in [0.2, 0.25) is 0 Å². The van der Waals surface area contributed by atoms with Gasteiger partial charge in [-0.25, -0.2) is 4.79 Å². The molecule has 6 heteroatoms.